The number of carbonyl (C=O) groups excluding carboxylic acids is 2. The van der Waals surface area contributed by atoms with Crippen LogP contribution in [0.3, 0.4) is 0 Å². The van der Waals surface area contributed by atoms with Gasteiger partial charge in [-0.3, -0.25) is 4.79 Å². The number of halogens is 1. The molecule has 144 valence electrons. The van der Waals surface area contributed by atoms with Crippen LogP contribution in [0.25, 0.3) is 0 Å². The first-order chi connectivity index (χ1) is 13.0. The summed E-state index contributed by atoms with van der Waals surface area (Å²) in [5.41, 5.74) is 0.898. The zero-order valence-corrected chi connectivity index (χ0v) is 16.0. The molecule has 1 N–H and O–H groups in total. The van der Waals surface area contributed by atoms with Gasteiger partial charge in [0.15, 0.2) is 24.7 Å². The van der Waals surface area contributed by atoms with E-state index in [1.165, 1.54) is 0 Å². The first-order valence-corrected chi connectivity index (χ1v) is 8.92. The predicted octanol–water partition coefficient (Wildman–Crippen LogP) is 3.54. The largest absolute Gasteiger partial charge is 0.490 e. The Morgan fingerprint density at radius 3 is 2.26 bits per heavy atom. The zero-order valence-electron chi connectivity index (χ0n) is 15.2. The van der Waals surface area contributed by atoms with Crippen molar-refractivity contribution in [2.75, 3.05) is 19.8 Å². The maximum atomic E-state index is 11.9. The molecule has 7 heteroatoms. The van der Waals surface area contributed by atoms with E-state index in [1.807, 2.05) is 32.0 Å². The molecule has 0 radical (unpaired) electrons. The molecule has 0 spiro atoms. The van der Waals surface area contributed by atoms with Gasteiger partial charge in [-0.25, -0.2) is 4.79 Å². The summed E-state index contributed by atoms with van der Waals surface area (Å²) >= 11 is 5.84. The van der Waals surface area contributed by atoms with Crippen molar-refractivity contribution in [1.29, 1.82) is 0 Å². The van der Waals surface area contributed by atoms with Crippen LogP contribution < -0.4 is 14.8 Å². The number of nitrogens with one attached hydrogen (secondary N) is 1. The Labute approximate surface area is 163 Å². The van der Waals surface area contributed by atoms with Gasteiger partial charge >= 0.3 is 5.97 Å². The van der Waals surface area contributed by atoms with Crippen LogP contribution in [0.2, 0.25) is 5.02 Å². The highest BCUT2D eigenvalue weighted by atomic mass is 35.5. The molecule has 1 atom stereocenters. The minimum Gasteiger partial charge on any atom is -0.490 e. The fourth-order valence-electron chi connectivity index (χ4n) is 2.29. The minimum atomic E-state index is -0.643. The van der Waals surface area contributed by atoms with E-state index in [0.29, 0.717) is 23.1 Å². The molecule has 0 fully saturated rings. The molecule has 0 saturated carbocycles. The number of carbonyl (C=O) groups is 2. The molecule has 27 heavy (non-hydrogen) atoms. The van der Waals surface area contributed by atoms with Gasteiger partial charge in [-0.15, -0.1) is 0 Å². The second-order valence-electron chi connectivity index (χ2n) is 5.67. The Morgan fingerprint density at radius 1 is 1.00 bits per heavy atom. The van der Waals surface area contributed by atoms with Crippen LogP contribution in [-0.4, -0.2) is 31.7 Å². The summed E-state index contributed by atoms with van der Waals surface area (Å²) in [7, 11) is 0. The Morgan fingerprint density at radius 2 is 1.63 bits per heavy atom. The number of esters is 1. The summed E-state index contributed by atoms with van der Waals surface area (Å²) < 4.78 is 15.8. The monoisotopic (exact) mass is 391 g/mol. The lowest BCUT2D eigenvalue weighted by Gasteiger charge is -2.15. The van der Waals surface area contributed by atoms with Gasteiger partial charge in [0.2, 0.25) is 0 Å². The number of benzene rings is 2. The van der Waals surface area contributed by atoms with Crippen LogP contribution in [0.5, 0.6) is 11.5 Å². The molecule has 6 nitrogen and oxygen atoms in total. The molecule has 2 aromatic rings. The van der Waals surface area contributed by atoms with Crippen LogP contribution in [0.4, 0.5) is 0 Å². The quantitative estimate of drug-likeness (QED) is 0.662. The SMILES string of the molecule is CCOc1ccccc1OCC(=O)OCC(=O)NC(C)c1ccc(Cl)cc1. The van der Waals surface area contributed by atoms with Crippen molar-refractivity contribution in [1.82, 2.24) is 5.32 Å². The van der Waals surface area contributed by atoms with Gasteiger partial charge in [-0.05, 0) is 43.7 Å². The number of para-hydroxylation sites is 2. The summed E-state index contributed by atoms with van der Waals surface area (Å²) in [6.07, 6.45) is 0. The van der Waals surface area contributed by atoms with Crippen LogP contribution in [0.1, 0.15) is 25.5 Å². The highest BCUT2D eigenvalue weighted by Crippen LogP contribution is 2.26. The Hall–Kier alpha value is -2.73. The summed E-state index contributed by atoms with van der Waals surface area (Å²) in [5.74, 6) is -0.0597. The van der Waals surface area contributed by atoms with E-state index in [-0.39, 0.29) is 19.3 Å². The molecule has 0 aliphatic heterocycles. The molecule has 1 unspecified atom stereocenters. The van der Waals surface area contributed by atoms with Crippen molar-refractivity contribution in [2.45, 2.75) is 19.9 Å². The summed E-state index contributed by atoms with van der Waals surface area (Å²) in [4.78, 5) is 23.7. The van der Waals surface area contributed by atoms with Gasteiger partial charge in [-0.2, -0.15) is 0 Å². The molecule has 2 aromatic carbocycles. The van der Waals surface area contributed by atoms with E-state index in [2.05, 4.69) is 5.32 Å². The first-order valence-electron chi connectivity index (χ1n) is 8.54. The van der Waals surface area contributed by atoms with Crippen molar-refractivity contribution in [3.05, 3.63) is 59.1 Å². The first kappa shape index (κ1) is 20.6. The van der Waals surface area contributed by atoms with E-state index in [0.717, 1.165) is 5.56 Å². The third-order valence-corrected chi connectivity index (χ3v) is 3.86. The van der Waals surface area contributed by atoms with Crippen molar-refractivity contribution >= 4 is 23.5 Å². The predicted molar refractivity (Wildman–Crippen MR) is 102 cm³/mol. The third-order valence-electron chi connectivity index (χ3n) is 3.61. The molecule has 0 heterocycles. The van der Waals surface area contributed by atoms with E-state index in [1.54, 1.807) is 30.3 Å². The van der Waals surface area contributed by atoms with E-state index >= 15 is 0 Å². The topological polar surface area (TPSA) is 73.9 Å². The average molecular weight is 392 g/mol. The van der Waals surface area contributed by atoms with E-state index in [4.69, 9.17) is 25.8 Å². The van der Waals surface area contributed by atoms with E-state index in [9.17, 15) is 9.59 Å². The van der Waals surface area contributed by atoms with Crippen molar-refractivity contribution in [3.63, 3.8) is 0 Å². The molecular weight excluding hydrogens is 370 g/mol. The van der Waals surface area contributed by atoms with Crippen LogP contribution in [0.15, 0.2) is 48.5 Å². The normalized spacial score (nSPS) is 11.4. The molecule has 0 bridgehead atoms. The standard InChI is InChI=1S/C20H22ClNO5/c1-3-25-17-6-4-5-7-18(17)26-13-20(24)27-12-19(23)22-14(2)15-8-10-16(21)11-9-15/h4-11,14H,3,12-13H2,1-2H3,(H,22,23). The highest BCUT2D eigenvalue weighted by molar-refractivity contribution is 6.30. The highest BCUT2D eigenvalue weighted by Gasteiger charge is 2.13. The lowest BCUT2D eigenvalue weighted by molar-refractivity contribution is -0.150. The van der Waals surface area contributed by atoms with Crippen molar-refractivity contribution in [3.8, 4) is 11.5 Å². The fourth-order valence-corrected chi connectivity index (χ4v) is 2.41. The third kappa shape index (κ3) is 6.83. The Bertz CT molecular complexity index is 763. The summed E-state index contributed by atoms with van der Waals surface area (Å²) in [6.45, 7) is 3.47. The fraction of sp³-hybridized carbons (Fsp3) is 0.300. The van der Waals surface area contributed by atoms with Crippen molar-refractivity contribution < 1.29 is 23.8 Å². The van der Waals surface area contributed by atoms with Gasteiger partial charge in [-0.1, -0.05) is 35.9 Å². The lowest BCUT2D eigenvalue weighted by Crippen LogP contribution is -2.31. The Balaban J connectivity index is 1.75. The molecular formula is C20H22ClNO5. The van der Waals surface area contributed by atoms with Gasteiger partial charge in [0, 0.05) is 5.02 Å². The van der Waals surface area contributed by atoms with Crippen LogP contribution in [0, 0.1) is 0 Å². The second-order valence-corrected chi connectivity index (χ2v) is 6.11. The number of hydrogen-bond acceptors (Lipinski definition) is 5. The minimum absolute atomic E-state index is 0.234. The number of ether oxygens (including phenoxy) is 3. The van der Waals surface area contributed by atoms with Gasteiger partial charge in [0.1, 0.15) is 0 Å². The van der Waals surface area contributed by atoms with Gasteiger partial charge < -0.3 is 19.5 Å². The maximum Gasteiger partial charge on any atom is 0.344 e. The summed E-state index contributed by atoms with van der Waals surface area (Å²) in [6, 6.07) is 13.9. The zero-order chi connectivity index (χ0) is 19.6. The maximum absolute atomic E-state index is 11.9. The Kier molecular flexibility index (Phi) is 7.95. The van der Waals surface area contributed by atoms with E-state index < -0.39 is 11.9 Å². The second kappa shape index (κ2) is 10.4. The number of rotatable bonds is 9. The van der Waals surface area contributed by atoms with Gasteiger partial charge in [0.05, 0.1) is 12.6 Å². The smallest absolute Gasteiger partial charge is 0.344 e. The van der Waals surface area contributed by atoms with Crippen molar-refractivity contribution in [2.24, 2.45) is 0 Å². The molecule has 0 saturated heterocycles. The average Bonchev–Trinajstić information content (AvgIpc) is 2.66. The number of hydrogen-bond donors (Lipinski definition) is 1. The molecule has 1 amide bonds. The molecule has 0 aromatic heterocycles. The van der Waals surface area contributed by atoms with Gasteiger partial charge in [0.25, 0.3) is 5.91 Å². The number of amides is 1. The van der Waals surface area contributed by atoms with Crippen LogP contribution >= 0.6 is 11.6 Å². The summed E-state index contributed by atoms with van der Waals surface area (Å²) in [5, 5.41) is 3.37. The van der Waals surface area contributed by atoms with Crippen LogP contribution in [-0.2, 0) is 14.3 Å². The molecule has 0 aliphatic carbocycles. The molecule has 2 rings (SSSR count). The molecule has 0 aliphatic rings. The lowest BCUT2D eigenvalue weighted by atomic mass is 10.1.